The molecule has 2 unspecified atom stereocenters. The van der Waals surface area contributed by atoms with E-state index >= 15 is 0 Å². The first-order chi connectivity index (χ1) is 11.1. The van der Waals surface area contributed by atoms with Crippen LogP contribution in [0, 0.1) is 6.92 Å². The maximum Gasteiger partial charge on any atom is 0.191 e. The number of hydrogen-bond donors (Lipinski definition) is 2. The van der Waals surface area contributed by atoms with Gasteiger partial charge in [-0.25, -0.2) is 0 Å². The Kier molecular flexibility index (Phi) is 9.61. The lowest BCUT2D eigenvalue weighted by Gasteiger charge is -2.38. The first-order valence-corrected chi connectivity index (χ1v) is 8.43. The van der Waals surface area contributed by atoms with Crippen LogP contribution < -0.4 is 10.6 Å². The van der Waals surface area contributed by atoms with E-state index in [1.54, 1.807) is 0 Å². The summed E-state index contributed by atoms with van der Waals surface area (Å²) < 4.78 is 5.51. The van der Waals surface area contributed by atoms with E-state index in [2.05, 4.69) is 65.6 Å². The van der Waals surface area contributed by atoms with Gasteiger partial charge in [0.1, 0.15) is 0 Å². The first kappa shape index (κ1) is 21.2. The van der Waals surface area contributed by atoms with Crippen LogP contribution in [-0.4, -0.2) is 56.3 Å². The Morgan fingerprint density at radius 1 is 1.42 bits per heavy atom. The lowest BCUT2D eigenvalue weighted by Crippen LogP contribution is -2.52. The fourth-order valence-electron chi connectivity index (χ4n) is 2.98. The average molecular weight is 446 g/mol. The van der Waals surface area contributed by atoms with Crippen molar-refractivity contribution >= 4 is 29.9 Å². The van der Waals surface area contributed by atoms with Crippen LogP contribution in [0.25, 0.3) is 0 Å². The third-order valence-electron chi connectivity index (χ3n) is 4.32. The van der Waals surface area contributed by atoms with Gasteiger partial charge in [-0.2, -0.15) is 0 Å². The summed E-state index contributed by atoms with van der Waals surface area (Å²) in [5.74, 6) is 0.847. The monoisotopic (exact) mass is 446 g/mol. The average Bonchev–Trinajstić information content (AvgIpc) is 2.55. The molecule has 1 aromatic rings. The predicted octanol–water partition coefficient (Wildman–Crippen LogP) is 2.39. The van der Waals surface area contributed by atoms with Gasteiger partial charge < -0.3 is 15.4 Å². The van der Waals surface area contributed by atoms with Gasteiger partial charge in [0.2, 0.25) is 0 Å². The van der Waals surface area contributed by atoms with Crippen LogP contribution in [0.1, 0.15) is 25.0 Å². The van der Waals surface area contributed by atoms with Gasteiger partial charge in [-0.3, -0.25) is 9.89 Å². The van der Waals surface area contributed by atoms with Crippen molar-refractivity contribution in [3.8, 4) is 0 Å². The molecule has 6 heteroatoms. The largest absolute Gasteiger partial charge is 0.379 e. The molecule has 2 atom stereocenters. The third-order valence-corrected chi connectivity index (χ3v) is 4.32. The second kappa shape index (κ2) is 10.9. The summed E-state index contributed by atoms with van der Waals surface area (Å²) in [6.45, 7) is 10.9. The maximum absolute atomic E-state index is 5.51. The number of guanidine groups is 1. The topological polar surface area (TPSA) is 48.9 Å². The summed E-state index contributed by atoms with van der Waals surface area (Å²) in [5.41, 5.74) is 2.55. The number of aryl methyl sites for hydroxylation is 1. The van der Waals surface area contributed by atoms with Crippen molar-refractivity contribution in [2.75, 3.05) is 33.4 Å². The number of hydrogen-bond acceptors (Lipinski definition) is 3. The standard InChI is InChI=1S/C18H30N4O.HI/c1-14-6-5-7-17(10-14)12-21-18(19-4)20-11-15(2)22-8-9-23-13-16(22)3;/h5-7,10,15-16H,8-9,11-13H2,1-4H3,(H2,19,20,21);1H. The molecule has 0 radical (unpaired) electrons. The summed E-state index contributed by atoms with van der Waals surface area (Å²) in [6.07, 6.45) is 0. The summed E-state index contributed by atoms with van der Waals surface area (Å²) in [6, 6.07) is 9.45. The Labute approximate surface area is 163 Å². The number of ether oxygens (including phenoxy) is 1. The highest BCUT2D eigenvalue weighted by molar-refractivity contribution is 14.0. The summed E-state index contributed by atoms with van der Waals surface area (Å²) in [7, 11) is 1.81. The van der Waals surface area contributed by atoms with Crippen molar-refractivity contribution in [3.05, 3.63) is 35.4 Å². The van der Waals surface area contributed by atoms with Crippen molar-refractivity contribution in [2.45, 2.75) is 39.4 Å². The van der Waals surface area contributed by atoms with E-state index in [4.69, 9.17) is 4.74 Å². The smallest absolute Gasteiger partial charge is 0.191 e. The Morgan fingerprint density at radius 3 is 2.88 bits per heavy atom. The highest BCUT2D eigenvalue weighted by Gasteiger charge is 2.23. The molecule has 0 amide bonds. The van der Waals surface area contributed by atoms with Crippen LogP contribution in [0.2, 0.25) is 0 Å². The molecule has 1 saturated heterocycles. The number of benzene rings is 1. The van der Waals surface area contributed by atoms with Gasteiger partial charge >= 0.3 is 0 Å². The molecular weight excluding hydrogens is 415 g/mol. The van der Waals surface area contributed by atoms with E-state index < -0.39 is 0 Å². The molecule has 0 aliphatic carbocycles. The maximum atomic E-state index is 5.51. The van der Waals surface area contributed by atoms with Gasteiger partial charge in [0.25, 0.3) is 0 Å². The zero-order valence-electron chi connectivity index (χ0n) is 15.2. The molecule has 2 rings (SSSR count). The zero-order chi connectivity index (χ0) is 16.7. The van der Waals surface area contributed by atoms with Gasteiger partial charge in [0.05, 0.1) is 13.2 Å². The normalized spacial score (nSPS) is 20.2. The predicted molar refractivity (Wildman–Crippen MR) is 111 cm³/mol. The van der Waals surface area contributed by atoms with Gasteiger partial charge in [-0.1, -0.05) is 29.8 Å². The van der Waals surface area contributed by atoms with Gasteiger partial charge in [-0.15, -0.1) is 24.0 Å². The van der Waals surface area contributed by atoms with Crippen molar-refractivity contribution in [1.29, 1.82) is 0 Å². The second-order valence-corrected chi connectivity index (χ2v) is 6.31. The molecule has 136 valence electrons. The molecule has 1 heterocycles. The van der Waals surface area contributed by atoms with Crippen LogP contribution in [0.4, 0.5) is 0 Å². The fraction of sp³-hybridized carbons (Fsp3) is 0.611. The number of aliphatic imine (C=N–C) groups is 1. The summed E-state index contributed by atoms with van der Waals surface area (Å²) in [4.78, 5) is 6.80. The quantitative estimate of drug-likeness (QED) is 0.415. The van der Waals surface area contributed by atoms with Crippen molar-refractivity contribution < 1.29 is 4.74 Å². The molecular formula is C18H31IN4O. The highest BCUT2D eigenvalue weighted by Crippen LogP contribution is 2.10. The van der Waals surface area contributed by atoms with E-state index in [1.807, 2.05) is 7.05 Å². The molecule has 0 spiro atoms. The van der Waals surface area contributed by atoms with Crippen molar-refractivity contribution in [3.63, 3.8) is 0 Å². The Balaban J connectivity index is 0.00000288. The van der Waals surface area contributed by atoms with Crippen molar-refractivity contribution in [2.24, 2.45) is 4.99 Å². The first-order valence-electron chi connectivity index (χ1n) is 8.43. The van der Waals surface area contributed by atoms with E-state index in [-0.39, 0.29) is 24.0 Å². The second-order valence-electron chi connectivity index (χ2n) is 6.31. The summed E-state index contributed by atoms with van der Waals surface area (Å²) in [5, 5.41) is 6.81. The van der Waals surface area contributed by atoms with Crippen LogP contribution >= 0.6 is 24.0 Å². The van der Waals surface area contributed by atoms with Gasteiger partial charge in [0, 0.05) is 38.8 Å². The Bertz CT molecular complexity index is 523. The number of morpholine rings is 1. The van der Waals surface area contributed by atoms with E-state index in [0.29, 0.717) is 12.1 Å². The molecule has 2 N–H and O–H groups in total. The third kappa shape index (κ3) is 6.57. The number of rotatable bonds is 5. The molecule has 1 aliphatic rings. The fourth-order valence-corrected chi connectivity index (χ4v) is 2.98. The molecule has 1 fully saturated rings. The Morgan fingerprint density at radius 2 is 2.21 bits per heavy atom. The van der Waals surface area contributed by atoms with Gasteiger partial charge in [-0.05, 0) is 26.3 Å². The van der Waals surface area contributed by atoms with E-state index in [0.717, 1.165) is 38.8 Å². The molecule has 24 heavy (non-hydrogen) atoms. The molecule has 0 saturated carbocycles. The Hall–Kier alpha value is -0.860. The zero-order valence-corrected chi connectivity index (χ0v) is 17.5. The van der Waals surface area contributed by atoms with E-state index in [9.17, 15) is 0 Å². The van der Waals surface area contributed by atoms with Gasteiger partial charge in [0.15, 0.2) is 5.96 Å². The summed E-state index contributed by atoms with van der Waals surface area (Å²) >= 11 is 0. The minimum atomic E-state index is 0. The lowest BCUT2D eigenvalue weighted by molar-refractivity contribution is -0.0174. The SMILES string of the molecule is CN=C(NCc1cccc(C)c1)NCC(C)N1CCOCC1C.I. The van der Waals surface area contributed by atoms with E-state index in [1.165, 1.54) is 11.1 Å². The minimum absolute atomic E-state index is 0. The lowest BCUT2D eigenvalue weighted by atomic mass is 10.1. The van der Waals surface area contributed by atoms with Crippen LogP contribution in [0.15, 0.2) is 29.3 Å². The number of nitrogens with zero attached hydrogens (tertiary/aromatic N) is 2. The van der Waals surface area contributed by atoms with Crippen LogP contribution in [0.3, 0.4) is 0 Å². The molecule has 1 aromatic carbocycles. The number of nitrogens with one attached hydrogen (secondary N) is 2. The van der Waals surface area contributed by atoms with Crippen LogP contribution in [0.5, 0.6) is 0 Å². The minimum Gasteiger partial charge on any atom is -0.379 e. The van der Waals surface area contributed by atoms with Crippen LogP contribution in [-0.2, 0) is 11.3 Å². The van der Waals surface area contributed by atoms with Crippen molar-refractivity contribution in [1.82, 2.24) is 15.5 Å². The highest BCUT2D eigenvalue weighted by atomic mass is 127. The molecule has 0 bridgehead atoms. The molecule has 0 aromatic heterocycles. The number of halogens is 1. The molecule has 1 aliphatic heterocycles. The molecule has 5 nitrogen and oxygen atoms in total.